The number of nitrogens with one attached hydrogen (secondary N) is 1. The number of amides is 1. The van der Waals surface area contributed by atoms with E-state index in [0.29, 0.717) is 11.6 Å². The third kappa shape index (κ3) is 2.13. The van der Waals surface area contributed by atoms with Crippen molar-refractivity contribution in [1.82, 2.24) is 14.6 Å². The highest BCUT2D eigenvalue weighted by Crippen LogP contribution is 2.12. The number of halogens is 1. The fourth-order valence-electron chi connectivity index (χ4n) is 1.18. The van der Waals surface area contributed by atoms with Gasteiger partial charge in [0.05, 0.1) is 0 Å². The second-order valence-corrected chi connectivity index (χ2v) is 4.27. The van der Waals surface area contributed by atoms with Crippen LogP contribution in [0.4, 0.5) is 5.95 Å². The lowest BCUT2D eigenvalue weighted by Crippen LogP contribution is -2.32. The molecule has 1 atom stereocenters. The van der Waals surface area contributed by atoms with Crippen LogP contribution in [0.2, 0.25) is 0 Å². The molecule has 1 unspecified atom stereocenters. The molecule has 2 heterocycles. The lowest BCUT2D eigenvalue weighted by molar-refractivity contribution is -0.118. The van der Waals surface area contributed by atoms with Gasteiger partial charge in [-0.2, -0.15) is 4.98 Å². The maximum atomic E-state index is 10.9. The summed E-state index contributed by atoms with van der Waals surface area (Å²) in [6, 6.07) is 3.18. The molecular weight excluding hydrogens is 274 g/mol. The van der Waals surface area contributed by atoms with Crippen molar-refractivity contribution in [3.8, 4) is 0 Å². The number of aromatic nitrogens is 3. The molecule has 6 nitrogen and oxygen atoms in total. The Morgan fingerprint density at radius 3 is 3.06 bits per heavy atom. The zero-order valence-corrected chi connectivity index (χ0v) is 10.1. The lowest BCUT2D eigenvalue weighted by atomic mass is 10.3. The Hall–Kier alpha value is -1.63. The standard InChI is InChI=1S/C9H10BrN5O/c1-5(8(11)16)12-9-13-7-3-2-6(10)4-15(7)14-9/h2-5H,1H3,(H2,11,16)(H,12,14). The van der Waals surface area contributed by atoms with E-state index >= 15 is 0 Å². The van der Waals surface area contributed by atoms with Gasteiger partial charge >= 0.3 is 0 Å². The Morgan fingerprint density at radius 2 is 2.38 bits per heavy atom. The van der Waals surface area contributed by atoms with Crippen LogP contribution in [0.3, 0.4) is 0 Å². The highest BCUT2D eigenvalue weighted by molar-refractivity contribution is 9.10. The van der Waals surface area contributed by atoms with Gasteiger partial charge in [0.25, 0.3) is 0 Å². The van der Waals surface area contributed by atoms with Gasteiger partial charge in [0.2, 0.25) is 11.9 Å². The van der Waals surface area contributed by atoms with Crippen molar-refractivity contribution in [2.75, 3.05) is 5.32 Å². The molecule has 1 amide bonds. The number of nitrogens with two attached hydrogens (primary N) is 1. The van der Waals surface area contributed by atoms with Crippen LogP contribution in [-0.4, -0.2) is 26.5 Å². The van der Waals surface area contributed by atoms with E-state index in [0.717, 1.165) is 4.47 Å². The minimum Gasteiger partial charge on any atom is -0.368 e. The van der Waals surface area contributed by atoms with Crippen molar-refractivity contribution in [2.24, 2.45) is 5.73 Å². The van der Waals surface area contributed by atoms with E-state index in [1.165, 1.54) is 0 Å². The molecule has 0 saturated heterocycles. The first-order valence-corrected chi connectivity index (χ1v) is 5.43. The van der Waals surface area contributed by atoms with E-state index in [2.05, 4.69) is 31.3 Å². The average Bonchev–Trinajstić information content (AvgIpc) is 2.58. The van der Waals surface area contributed by atoms with Crippen LogP contribution in [0.1, 0.15) is 6.92 Å². The zero-order valence-electron chi connectivity index (χ0n) is 8.51. The molecule has 0 aliphatic rings. The monoisotopic (exact) mass is 283 g/mol. The van der Waals surface area contributed by atoms with Crippen LogP contribution >= 0.6 is 15.9 Å². The molecule has 2 aromatic rings. The summed E-state index contributed by atoms with van der Waals surface area (Å²) in [5, 5.41) is 6.97. The van der Waals surface area contributed by atoms with Gasteiger partial charge in [-0.25, -0.2) is 4.52 Å². The van der Waals surface area contributed by atoms with E-state index in [1.54, 1.807) is 17.6 Å². The minimum atomic E-state index is -0.499. The highest BCUT2D eigenvalue weighted by atomic mass is 79.9. The number of anilines is 1. The van der Waals surface area contributed by atoms with Crippen LogP contribution in [-0.2, 0) is 4.79 Å². The van der Waals surface area contributed by atoms with Gasteiger partial charge < -0.3 is 11.1 Å². The fourth-order valence-corrected chi connectivity index (χ4v) is 1.51. The van der Waals surface area contributed by atoms with Gasteiger partial charge in [-0.15, -0.1) is 5.10 Å². The van der Waals surface area contributed by atoms with Crippen LogP contribution < -0.4 is 11.1 Å². The molecule has 0 spiro atoms. The van der Waals surface area contributed by atoms with Gasteiger partial charge in [-0.3, -0.25) is 4.79 Å². The molecule has 0 saturated carbocycles. The van der Waals surface area contributed by atoms with Gasteiger partial charge in [0.15, 0.2) is 5.65 Å². The molecule has 0 aliphatic heterocycles. The second kappa shape index (κ2) is 4.09. The molecule has 84 valence electrons. The Bertz CT molecular complexity index is 538. The Kier molecular flexibility index (Phi) is 2.78. The Labute approximate surface area is 100.0 Å². The number of pyridine rings is 1. The first-order valence-electron chi connectivity index (χ1n) is 4.64. The average molecular weight is 284 g/mol. The maximum absolute atomic E-state index is 10.9. The first-order chi connectivity index (χ1) is 7.56. The van der Waals surface area contributed by atoms with E-state index < -0.39 is 11.9 Å². The molecule has 16 heavy (non-hydrogen) atoms. The zero-order chi connectivity index (χ0) is 11.7. The molecule has 2 rings (SSSR count). The summed E-state index contributed by atoms with van der Waals surface area (Å²) in [5.41, 5.74) is 5.83. The summed E-state index contributed by atoms with van der Waals surface area (Å²) in [7, 11) is 0. The number of rotatable bonds is 3. The van der Waals surface area contributed by atoms with Crippen molar-refractivity contribution in [1.29, 1.82) is 0 Å². The number of fused-ring (bicyclic) bond motifs is 1. The largest absolute Gasteiger partial charge is 0.368 e. The second-order valence-electron chi connectivity index (χ2n) is 3.35. The van der Waals surface area contributed by atoms with Crippen LogP contribution in [0.25, 0.3) is 5.65 Å². The Balaban J connectivity index is 2.29. The summed E-state index contributed by atoms with van der Waals surface area (Å²) >= 11 is 3.33. The van der Waals surface area contributed by atoms with Crippen LogP contribution in [0.5, 0.6) is 0 Å². The quantitative estimate of drug-likeness (QED) is 0.872. The fraction of sp³-hybridized carbons (Fsp3) is 0.222. The van der Waals surface area contributed by atoms with E-state index in [9.17, 15) is 4.79 Å². The van der Waals surface area contributed by atoms with Crippen molar-refractivity contribution in [2.45, 2.75) is 13.0 Å². The van der Waals surface area contributed by atoms with Gasteiger partial charge in [-0.05, 0) is 35.0 Å². The number of nitrogens with zero attached hydrogens (tertiary/aromatic N) is 3. The smallest absolute Gasteiger partial charge is 0.243 e. The number of carbonyl (C=O) groups is 1. The van der Waals surface area contributed by atoms with Crippen molar-refractivity contribution in [3.05, 3.63) is 22.8 Å². The van der Waals surface area contributed by atoms with Gasteiger partial charge in [0, 0.05) is 10.7 Å². The molecule has 0 fully saturated rings. The number of hydrogen-bond donors (Lipinski definition) is 2. The summed E-state index contributed by atoms with van der Waals surface area (Å²) in [5.74, 6) is -0.0653. The van der Waals surface area contributed by atoms with E-state index in [-0.39, 0.29) is 0 Å². The summed E-state index contributed by atoms with van der Waals surface area (Å²) in [6.07, 6.45) is 1.78. The topological polar surface area (TPSA) is 85.3 Å². The molecule has 0 aromatic carbocycles. The summed E-state index contributed by atoms with van der Waals surface area (Å²) in [4.78, 5) is 15.1. The molecule has 0 radical (unpaired) electrons. The van der Waals surface area contributed by atoms with Gasteiger partial charge in [0.1, 0.15) is 6.04 Å². The molecule has 0 bridgehead atoms. The third-order valence-electron chi connectivity index (χ3n) is 2.07. The van der Waals surface area contributed by atoms with Crippen molar-refractivity contribution < 1.29 is 4.79 Å². The maximum Gasteiger partial charge on any atom is 0.243 e. The third-order valence-corrected chi connectivity index (χ3v) is 2.54. The first kappa shape index (κ1) is 10.9. The molecule has 0 aliphatic carbocycles. The minimum absolute atomic E-state index is 0.379. The van der Waals surface area contributed by atoms with Crippen LogP contribution in [0.15, 0.2) is 22.8 Å². The van der Waals surface area contributed by atoms with Crippen LogP contribution in [0, 0.1) is 0 Å². The lowest BCUT2D eigenvalue weighted by Gasteiger charge is -2.06. The van der Waals surface area contributed by atoms with E-state index in [4.69, 9.17) is 5.73 Å². The SMILES string of the molecule is CC(Nc1nc2ccc(Br)cn2n1)C(N)=O. The molecule has 3 N–H and O–H groups in total. The van der Waals surface area contributed by atoms with Crippen molar-refractivity contribution in [3.63, 3.8) is 0 Å². The van der Waals surface area contributed by atoms with Crippen molar-refractivity contribution >= 4 is 33.4 Å². The predicted molar refractivity (Wildman–Crippen MR) is 63.0 cm³/mol. The van der Waals surface area contributed by atoms with E-state index in [1.807, 2.05) is 12.1 Å². The summed E-state index contributed by atoms with van der Waals surface area (Å²) < 4.78 is 2.51. The summed E-state index contributed by atoms with van der Waals surface area (Å²) in [6.45, 7) is 1.66. The number of primary amides is 1. The molecular formula is C9H10BrN5O. The normalized spacial score (nSPS) is 12.6. The Morgan fingerprint density at radius 1 is 1.62 bits per heavy atom. The number of carbonyl (C=O) groups excluding carboxylic acids is 1. The predicted octanol–water partition coefficient (Wildman–Crippen LogP) is 0.777. The molecule has 2 aromatic heterocycles. The number of hydrogen-bond acceptors (Lipinski definition) is 4. The molecule has 7 heteroatoms. The highest BCUT2D eigenvalue weighted by Gasteiger charge is 2.11. The van der Waals surface area contributed by atoms with Gasteiger partial charge in [-0.1, -0.05) is 0 Å².